The third-order valence-electron chi connectivity index (χ3n) is 2.55. The van der Waals surface area contributed by atoms with Crippen molar-refractivity contribution in [3.05, 3.63) is 41.9 Å². The van der Waals surface area contributed by atoms with Gasteiger partial charge in [0.1, 0.15) is 5.82 Å². The number of hydrogen-bond donors (Lipinski definition) is 1. The molecule has 0 radical (unpaired) electrons. The first kappa shape index (κ1) is 9.65. The topological polar surface area (TPSA) is 51.8 Å². The highest BCUT2D eigenvalue weighted by Crippen LogP contribution is 2.23. The second-order valence-corrected chi connectivity index (χ2v) is 3.54. The van der Waals surface area contributed by atoms with Crippen LogP contribution in [0.15, 0.2) is 30.6 Å². The van der Waals surface area contributed by atoms with Crippen LogP contribution in [0.1, 0.15) is 11.3 Å². The van der Waals surface area contributed by atoms with Gasteiger partial charge in [0.05, 0.1) is 0 Å². The molecule has 0 aliphatic rings. The van der Waals surface area contributed by atoms with Gasteiger partial charge in [-0.15, -0.1) is 0 Å². The average molecular weight is 199 g/mol. The van der Waals surface area contributed by atoms with Gasteiger partial charge in [-0.2, -0.15) is 0 Å². The lowest BCUT2D eigenvalue weighted by Crippen LogP contribution is -1.93. The van der Waals surface area contributed by atoms with Crippen molar-refractivity contribution in [2.45, 2.75) is 13.8 Å². The van der Waals surface area contributed by atoms with Crippen LogP contribution >= 0.6 is 0 Å². The summed E-state index contributed by atoms with van der Waals surface area (Å²) in [7, 11) is 0. The maximum absolute atomic E-state index is 5.55. The lowest BCUT2D eigenvalue weighted by Gasteiger charge is -2.07. The number of pyridine rings is 2. The largest absolute Gasteiger partial charge is 0.384 e. The molecule has 0 atom stereocenters. The highest BCUT2D eigenvalue weighted by molar-refractivity contribution is 5.67. The first-order valence-corrected chi connectivity index (χ1v) is 4.82. The number of nitrogen functional groups attached to an aromatic ring is 1. The molecule has 0 saturated heterocycles. The summed E-state index contributed by atoms with van der Waals surface area (Å²) in [5, 5.41) is 0. The van der Waals surface area contributed by atoms with E-state index in [-0.39, 0.29) is 0 Å². The van der Waals surface area contributed by atoms with Gasteiger partial charge in [0, 0.05) is 23.7 Å². The van der Waals surface area contributed by atoms with Gasteiger partial charge in [-0.25, -0.2) is 4.98 Å². The van der Waals surface area contributed by atoms with Crippen LogP contribution in [-0.4, -0.2) is 9.97 Å². The number of nitrogens with two attached hydrogens (primary N) is 1. The fourth-order valence-electron chi connectivity index (χ4n) is 1.52. The summed E-state index contributed by atoms with van der Waals surface area (Å²) in [4.78, 5) is 8.32. The van der Waals surface area contributed by atoms with Crippen LogP contribution in [0.2, 0.25) is 0 Å². The highest BCUT2D eigenvalue weighted by Gasteiger charge is 2.04. The van der Waals surface area contributed by atoms with Crippen molar-refractivity contribution in [3.8, 4) is 11.1 Å². The zero-order chi connectivity index (χ0) is 10.8. The van der Waals surface area contributed by atoms with Crippen molar-refractivity contribution in [2.24, 2.45) is 0 Å². The fourth-order valence-corrected chi connectivity index (χ4v) is 1.52. The van der Waals surface area contributed by atoms with Crippen LogP contribution in [0.25, 0.3) is 11.1 Å². The normalized spacial score (nSPS) is 10.3. The van der Waals surface area contributed by atoms with Crippen molar-refractivity contribution in [1.29, 1.82) is 0 Å². The average Bonchev–Trinajstić information content (AvgIpc) is 2.24. The van der Waals surface area contributed by atoms with Crippen LogP contribution in [-0.2, 0) is 0 Å². The molecular weight excluding hydrogens is 186 g/mol. The van der Waals surface area contributed by atoms with E-state index in [0.29, 0.717) is 5.82 Å². The Balaban J connectivity index is 2.54. The van der Waals surface area contributed by atoms with Crippen molar-refractivity contribution >= 4 is 5.82 Å². The Morgan fingerprint density at radius 3 is 2.53 bits per heavy atom. The lowest BCUT2D eigenvalue weighted by molar-refractivity contribution is 1.15. The highest BCUT2D eigenvalue weighted by atomic mass is 14.8. The number of rotatable bonds is 1. The van der Waals surface area contributed by atoms with Crippen LogP contribution in [0.4, 0.5) is 5.82 Å². The van der Waals surface area contributed by atoms with E-state index in [0.717, 1.165) is 16.8 Å². The molecule has 0 spiro atoms. The molecule has 0 aliphatic heterocycles. The molecule has 0 amide bonds. The summed E-state index contributed by atoms with van der Waals surface area (Å²) in [6.07, 6.45) is 3.60. The molecule has 3 heteroatoms. The van der Waals surface area contributed by atoms with Crippen molar-refractivity contribution in [1.82, 2.24) is 9.97 Å². The SMILES string of the molecule is Cc1nccc(-c2ccc(N)nc2)c1C. The number of nitrogens with zero attached hydrogens (tertiary/aromatic N) is 2. The van der Waals surface area contributed by atoms with Gasteiger partial charge in [-0.3, -0.25) is 4.98 Å². The van der Waals surface area contributed by atoms with Crippen molar-refractivity contribution < 1.29 is 0 Å². The Hall–Kier alpha value is -1.90. The predicted octanol–water partition coefficient (Wildman–Crippen LogP) is 2.34. The summed E-state index contributed by atoms with van der Waals surface area (Å²) in [5.74, 6) is 0.544. The quantitative estimate of drug-likeness (QED) is 0.767. The summed E-state index contributed by atoms with van der Waals surface area (Å²) < 4.78 is 0. The lowest BCUT2D eigenvalue weighted by atomic mass is 10.0. The molecule has 2 aromatic heterocycles. The second kappa shape index (κ2) is 3.69. The molecule has 76 valence electrons. The summed E-state index contributed by atoms with van der Waals surface area (Å²) in [6, 6.07) is 5.78. The third kappa shape index (κ3) is 1.81. The van der Waals surface area contributed by atoms with Gasteiger partial charge < -0.3 is 5.73 Å². The molecule has 3 nitrogen and oxygen atoms in total. The predicted molar refractivity (Wildman–Crippen MR) is 61.4 cm³/mol. The molecule has 2 N–H and O–H groups in total. The third-order valence-corrected chi connectivity index (χ3v) is 2.55. The first-order valence-electron chi connectivity index (χ1n) is 4.82. The van der Waals surface area contributed by atoms with Crippen LogP contribution < -0.4 is 5.73 Å². The van der Waals surface area contributed by atoms with E-state index in [1.807, 2.05) is 31.3 Å². The van der Waals surface area contributed by atoms with E-state index in [1.165, 1.54) is 5.56 Å². The van der Waals surface area contributed by atoms with Gasteiger partial charge in [-0.1, -0.05) is 0 Å². The zero-order valence-corrected chi connectivity index (χ0v) is 8.86. The number of aromatic nitrogens is 2. The van der Waals surface area contributed by atoms with Gasteiger partial charge in [-0.05, 0) is 43.2 Å². The van der Waals surface area contributed by atoms with Crippen LogP contribution in [0.5, 0.6) is 0 Å². The molecule has 0 bridgehead atoms. The molecule has 0 saturated carbocycles. The molecule has 0 aromatic carbocycles. The smallest absolute Gasteiger partial charge is 0.123 e. The van der Waals surface area contributed by atoms with Crippen LogP contribution in [0.3, 0.4) is 0 Å². The minimum atomic E-state index is 0.544. The van der Waals surface area contributed by atoms with Crippen molar-refractivity contribution in [2.75, 3.05) is 5.73 Å². The van der Waals surface area contributed by atoms with E-state index in [2.05, 4.69) is 16.9 Å². The van der Waals surface area contributed by atoms with E-state index >= 15 is 0 Å². The molecule has 0 fully saturated rings. The Labute approximate surface area is 89.0 Å². The van der Waals surface area contributed by atoms with E-state index in [1.54, 1.807) is 6.20 Å². The summed E-state index contributed by atoms with van der Waals surface area (Å²) >= 11 is 0. The van der Waals surface area contributed by atoms with Gasteiger partial charge in [0.2, 0.25) is 0 Å². The molecule has 15 heavy (non-hydrogen) atoms. The number of anilines is 1. The van der Waals surface area contributed by atoms with E-state index in [9.17, 15) is 0 Å². The zero-order valence-electron chi connectivity index (χ0n) is 8.86. The number of hydrogen-bond acceptors (Lipinski definition) is 3. The van der Waals surface area contributed by atoms with Crippen LogP contribution in [0, 0.1) is 13.8 Å². The summed E-state index contributed by atoms with van der Waals surface area (Å²) in [6.45, 7) is 4.07. The second-order valence-electron chi connectivity index (χ2n) is 3.54. The molecule has 0 unspecified atom stereocenters. The molecule has 0 aliphatic carbocycles. The Morgan fingerprint density at radius 2 is 1.87 bits per heavy atom. The Morgan fingerprint density at radius 1 is 1.07 bits per heavy atom. The monoisotopic (exact) mass is 199 g/mol. The molecule has 2 aromatic rings. The summed E-state index contributed by atoms with van der Waals surface area (Å²) in [5.41, 5.74) is 10.0. The van der Waals surface area contributed by atoms with Gasteiger partial charge in [0.15, 0.2) is 0 Å². The Kier molecular flexibility index (Phi) is 2.37. The van der Waals surface area contributed by atoms with Gasteiger partial charge >= 0.3 is 0 Å². The minimum absolute atomic E-state index is 0.544. The van der Waals surface area contributed by atoms with Crippen molar-refractivity contribution in [3.63, 3.8) is 0 Å². The minimum Gasteiger partial charge on any atom is -0.384 e. The van der Waals surface area contributed by atoms with Gasteiger partial charge in [0.25, 0.3) is 0 Å². The maximum atomic E-state index is 5.55. The molecule has 2 heterocycles. The first-order chi connectivity index (χ1) is 7.18. The number of aryl methyl sites for hydroxylation is 1. The van der Waals surface area contributed by atoms with E-state index in [4.69, 9.17) is 5.73 Å². The Bertz CT molecular complexity index is 475. The maximum Gasteiger partial charge on any atom is 0.123 e. The fraction of sp³-hybridized carbons (Fsp3) is 0.167. The molecule has 2 rings (SSSR count). The molecular formula is C12H13N3. The van der Waals surface area contributed by atoms with E-state index < -0.39 is 0 Å². The standard InChI is InChI=1S/C12H13N3/c1-8-9(2)14-6-5-11(8)10-3-4-12(13)15-7-10/h3-7H,1-2H3,(H2,13,15).